The third-order valence-electron chi connectivity index (χ3n) is 9.07. The number of furan rings is 3. The van der Waals surface area contributed by atoms with Crippen LogP contribution in [0.3, 0.4) is 0 Å². The van der Waals surface area contributed by atoms with E-state index in [-0.39, 0.29) is 0 Å². The molecule has 216 valence electrons. The van der Waals surface area contributed by atoms with Gasteiger partial charge in [-0.3, -0.25) is 0 Å². The molecule has 0 aliphatic rings. The summed E-state index contributed by atoms with van der Waals surface area (Å²) in [5, 5.41) is 6.49. The third-order valence-corrected chi connectivity index (χ3v) is 9.07. The van der Waals surface area contributed by atoms with Gasteiger partial charge in [-0.1, -0.05) is 97.1 Å². The molecule has 0 radical (unpaired) electrons. The van der Waals surface area contributed by atoms with Crippen molar-refractivity contribution in [1.29, 1.82) is 0 Å². The van der Waals surface area contributed by atoms with Crippen LogP contribution in [-0.2, 0) is 0 Å². The van der Waals surface area contributed by atoms with E-state index in [0.717, 1.165) is 94.0 Å². The van der Waals surface area contributed by atoms with Gasteiger partial charge in [-0.2, -0.15) is 0 Å². The Labute approximate surface area is 263 Å². The van der Waals surface area contributed by atoms with Crippen LogP contribution in [0.4, 0.5) is 17.1 Å². The molecule has 3 heterocycles. The lowest BCUT2D eigenvalue weighted by Gasteiger charge is -2.25. The minimum atomic E-state index is 0.822. The highest BCUT2D eigenvalue weighted by molar-refractivity contribution is 6.14. The van der Waals surface area contributed by atoms with Gasteiger partial charge in [0.2, 0.25) is 0 Å². The molecule has 0 saturated heterocycles. The van der Waals surface area contributed by atoms with Gasteiger partial charge in [0.15, 0.2) is 5.58 Å². The van der Waals surface area contributed by atoms with Gasteiger partial charge in [0.05, 0.1) is 11.4 Å². The first-order chi connectivity index (χ1) is 22.8. The molecule has 7 aromatic carbocycles. The zero-order chi connectivity index (χ0) is 30.2. The summed E-state index contributed by atoms with van der Waals surface area (Å²) in [5.41, 5.74) is 10.2. The van der Waals surface area contributed by atoms with Crippen LogP contribution in [0.2, 0.25) is 0 Å². The van der Waals surface area contributed by atoms with Crippen molar-refractivity contribution in [3.8, 4) is 11.1 Å². The van der Waals surface area contributed by atoms with E-state index >= 15 is 0 Å². The molecule has 0 bridgehead atoms. The molecule has 0 amide bonds. The van der Waals surface area contributed by atoms with Crippen LogP contribution in [0.15, 0.2) is 165 Å². The molecular weight excluding hydrogens is 566 g/mol. The highest BCUT2D eigenvalue weighted by Crippen LogP contribution is 2.46. The van der Waals surface area contributed by atoms with Crippen molar-refractivity contribution in [2.45, 2.75) is 0 Å². The summed E-state index contributed by atoms with van der Waals surface area (Å²) >= 11 is 0. The number of rotatable bonds is 4. The van der Waals surface area contributed by atoms with Gasteiger partial charge >= 0.3 is 0 Å². The lowest BCUT2D eigenvalue weighted by molar-refractivity contribution is 0.667. The lowest BCUT2D eigenvalue weighted by Crippen LogP contribution is -2.10. The number of fused-ring (bicyclic) bond motifs is 9. The second kappa shape index (κ2) is 9.62. The average molecular weight is 592 g/mol. The van der Waals surface area contributed by atoms with E-state index in [9.17, 15) is 0 Å². The van der Waals surface area contributed by atoms with Crippen LogP contribution in [0.1, 0.15) is 0 Å². The van der Waals surface area contributed by atoms with Crippen molar-refractivity contribution in [2.75, 3.05) is 4.90 Å². The molecule has 0 unspecified atom stereocenters. The quantitative estimate of drug-likeness (QED) is 0.204. The molecule has 4 heteroatoms. The van der Waals surface area contributed by atoms with Gasteiger partial charge in [0.1, 0.15) is 27.9 Å². The molecule has 0 saturated carbocycles. The number of anilines is 3. The van der Waals surface area contributed by atoms with E-state index in [0.29, 0.717) is 0 Å². The summed E-state index contributed by atoms with van der Waals surface area (Å²) in [6.45, 7) is 0. The fourth-order valence-electron chi connectivity index (χ4n) is 6.96. The Balaban J connectivity index is 1.26. The molecule has 0 aliphatic heterocycles. The molecule has 0 N–H and O–H groups in total. The number of hydrogen-bond donors (Lipinski definition) is 0. The summed E-state index contributed by atoms with van der Waals surface area (Å²) in [4.78, 5) is 2.26. The monoisotopic (exact) mass is 591 g/mol. The minimum Gasteiger partial charge on any atom is -0.456 e. The molecule has 46 heavy (non-hydrogen) atoms. The van der Waals surface area contributed by atoms with E-state index in [1.807, 2.05) is 36.4 Å². The van der Waals surface area contributed by atoms with Gasteiger partial charge in [0, 0.05) is 49.6 Å². The van der Waals surface area contributed by atoms with Crippen LogP contribution in [0, 0.1) is 0 Å². The van der Waals surface area contributed by atoms with Crippen molar-refractivity contribution in [2.24, 2.45) is 0 Å². The molecule has 10 rings (SSSR count). The Morgan fingerprint density at radius 1 is 0.348 bits per heavy atom. The molecule has 3 aromatic heterocycles. The molecule has 0 atom stereocenters. The summed E-state index contributed by atoms with van der Waals surface area (Å²) < 4.78 is 19.5. The first-order valence-electron chi connectivity index (χ1n) is 15.4. The molecular formula is C42H25NO3. The zero-order valence-corrected chi connectivity index (χ0v) is 24.6. The minimum absolute atomic E-state index is 0.822. The largest absolute Gasteiger partial charge is 0.456 e. The Hall–Kier alpha value is -6.26. The lowest BCUT2D eigenvalue weighted by atomic mass is 10.0. The van der Waals surface area contributed by atoms with Crippen LogP contribution in [-0.4, -0.2) is 0 Å². The molecule has 0 spiro atoms. The molecule has 10 aromatic rings. The van der Waals surface area contributed by atoms with Crippen LogP contribution < -0.4 is 4.90 Å². The van der Waals surface area contributed by atoms with Gasteiger partial charge in [-0.25, -0.2) is 0 Å². The maximum Gasteiger partial charge on any atom is 0.159 e. The summed E-state index contributed by atoms with van der Waals surface area (Å²) in [6, 6.07) is 52.4. The van der Waals surface area contributed by atoms with Crippen molar-refractivity contribution < 1.29 is 13.3 Å². The van der Waals surface area contributed by atoms with Crippen LogP contribution in [0.25, 0.3) is 76.9 Å². The Morgan fingerprint density at radius 2 is 0.935 bits per heavy atom. The number of benzene rings is 7. The number of para-hydroxylation sites is 4. The first-order valence-corrected chi connectivity index (χ1v) is 15.4. The summed E-state index contributed by atoms with van der Waals surface area (Å²) in [7, 11) is 0. The Kier molecular flexibility index (Phi) is 5.25. The second-order valence-corrected chi connectivity index (χ2v) is 11.7. The number of nitrogens with zero attached hydrogens (tertiary/aromatic N) is 1. The van der Waals surface area contributed by atoms with E-state index in [2.05, 4.69) is 120 Å². The summed E-state index contributed by atoms with van der Waals surface area (Å²) in [5.74, 6) is 0. The molecule has 0 aliphatic carbocycles. The smallest absolute Gasteiger partial charge is 0.159 e. The normalized spacial score (nSPS) is 11.9. The van der Waals surface area contributed by atoms with Gasteiger partial charge in [-0.05, 0) is 54.1 Å². The standard InChI is InChI=1S/C42H25NO3/c1-2-10-26(11-3-1)29-14-8-15-33-34-16-9-17-36(42(34)46-41(29)33)43(27-21-23-39-35(24-27)31-13-5-7-19-38(31)44-39)28-20-22-32-30-12-4-6-18-37(30)45-40(32)25-28/h1-25H. The van der Waals surface area contributed by atoms with E-state index in [1.165, 1.54) is 0 Å². The van der Waals surface area contributed by atoms with Gasteiger partial charge in [0.25, 0.3) is 0 Å². The predicted octanol–water partition coefficient (Wildman–Crippen LogP) is 12.5. The fraction of sp³-hybridized carbons (Fsp3) is 0. The van der Waals surface area contributed by atoms with Crippen LogP contribution >= 0.6 is 0 Å². The van der Waals surface area contributed by atoms with Crippen molar-refractivity contribution in [3.05, 3.63) is 152 Å². The number of hydrogen-bond acceptors (Lipinski definition) is 4. The van der Waals surface area contributed by atoms with E-state index in [4.69, 9.17) is 13.3 Å². The summed E-state index contributed by atoms with van der Waals surface area (Å²) in [6.07, 6.45) is 0. The molecule has 0 fully saturated rings. The molecule has 4 nitrogen and oxygen atoms in total. The fourth-order valence-corrected chi connectivity index (χ4v) is 6.96. The second-order valence-electron chi connectivity index (χ2n) is 11.7. The van der Waals surface area contributed by atoms with Gasteiger partial charge < -0.3 is 18.2 Å². The average Bonchev–Trinajstić information content (AvgIpc) is 3.80. The van der Waals surface area contributed by atoms with Gasteiger partial charge in [-0.15, -0.1) is 0 Å². The SMILES string of the molecule is c1ccc(-c2cccc3c2oc2c(N(c4ccc5c(c4)oc4ccccc45)c4ccc5oc6ccccc6c5c4)cccc23)cc1. The third kappa shape index (κ3) is 3.67. The van der Waals surface area contributed by atoms with E-state index < -0.39 is 0 Å². The highest BCUT2D eigenvalue weighted by Gasteiger charge is 2.22. The maximum absolute atomic E-state index is 6.89. The van der Waals surface area contributed by atoms with E-state index in [1.54, 1.807) is 0 Å². The van der Waals surface area contributed by atoms with Crippen molar-refractivity contribution in [3.63, 3.8) is 0 Å². The zero-order valence-electron chi connectivity index (χ0n) is 24.6. The highest BCUT2D eigenvalue weighted by atomic mass is 16.3. The Bertz CT molecular complexity index is 2760. The first kappa shape index (κ1) is 25.1. The van der Waals surface area contributed by atoms with Crippen molar-refractivity contribution >= 4 is 82.9 Å². The Morgan fingerprint density at radius 3 is 1.76 bits per heavy atom. The van der Waals surface area contributed by atoms with Crippen LogP contribution in [0.5, 0.6) is 0 Å². The van der Waals surface area contributed by atoms with Crippen molar-refractivity contribution in [1.82, 2.24) is 0 Å². The predicted molar refractivity (Wildman–Crippen MR) is 188 cm³/mol. The maximum atomic E-state index is 6.89. The topological polar surface area (TPSA) is 42.7 Å².